The van der Waals surface area contributed by atoms with Crippen molar-refractivity contribution >= 4 is 51.5 Å². The van der Waals surface area contributed by atoms with Crippen molar-refractivity contribution in [2.75, 3.05) is 9.80 Å². The van der Waals surface area contributed by atoms with Crippen LogP contribution in [-0.2, 0) is 10.8 Å². The van der Waals surface area contributed by atoms with Gasteiger partial charge in [0.05, 0.1) is 5.54 Å². The molecule has 4 aliphatic rings. The normalized spacial score (nSPS) is 23.6. The number of benzene rings is 4. The molecule has 8 rings (SSSR count). The molecule has 206 valence electrons. The Morgan fingerprint density at radius 1 is 0.732 bits per heavy atom. The van der Waals surface area contributed by atoms with Gasteiger partial charge in [-0.15, -0.1) is 0 Å². The smallest absolute Gasteiger partial charge is 0.252 e. The van der Waals surface area contributed by atoms with Crippen LogP contribution in [0.2, 0.25) is 0 Å². The molecular formula is C38H41BN2. The minimum absolute atomic E-state index is 0.0562. The Kier molecular flexibility index (Phi) is 4.99. The molecule has 0 aromatic heterocycles. The van der Waals surface area contributed by atoms with Crippen molar-refractivity contribution in [3.63, 3.8) is 0 Å². The highest BCUT2D eigenvalue weighted by Crippen LogP contribution is 2.62. The van der Waals surface area contributed by atoms with Crippen LogP contribution in [-0.4, -0.2) is 12.3 Å². The first-order valence-corrected chi connectivity index (χ1v) is 15.6. The lowest BCUT2D eigenvalue weighted by Gasteiger charge is -2.52. The SMILES string of the molecule is Cc1cccc(N2c3cc(C)ccc3B3c4cc(C(C)(C)C)cc5c4N(c4cccc2c43)C2(C)CCCCC52C)c1. The highest BCUT2D eigenvalue weighted by molar-refractivity contribution is 7.00. The van der Waals surface area contributed by atoms with E-state index in [9.17, 15) is 0 Å². The van der Waals surface area contributed by atoms with Gasteiger partial charge in [-0.3, -0.25) is 0 Å². The lowest BCUT2D eigenvalue weighted by molar-refractivity contribution is 0.195. The summed E-state index contributed by atoms with van der Waals surface area (Å²) in [6.07, 6.45) is 5.10. The molecular weight excluding hydrogens is 495 g/mol. The lowest BCUT2D eigenvalue weighted by Crippen LogP contribution is -2.64. The van der Waals surface area contributed by atoms with E-state index in [4.69, 9.17) is 0 Å². The minimum atomic E-state index is 0.0562. The van der Waals surface area contributed by atoms with Crippen LogP contribution >= 0.6 is 0 Å². The summed E-state index contributed by atoms with van der Waals surface area (Å²) >= 11 is 0. The molecule has 0 spiro atoms. The summed E-state index contributed by atoms with van der Waals surface area (Å²) in [5.74, 6) is 0. The molecule has 2 unspecified atom stereocenters. The Hall–Kier alpha value is -3.46. The van der Waals surface area contributed by atoms with E-state index in [1.807, 2.05) is 0 Å². The zero-order chi connectivity index (χ0) is 28.5. The minimum Gasteiger partial charge on any atom is -0.335 e. The first kappa shape index (κ1) is 25.3. The molecule has 3 heteroatoms. The number of nitrogens with zero attached hydrogens (tertiary/aromatic N) is 2. The molecule has 1 fully saturated rings. The van der Waals surface area contributed by atoms with Gasteiger partial charge in [-0.25, -0.2) is 0 Å². The highest BCUT2D eigenvalue weighted by Gasteiger charge is 2.61. The predicted octanol–water partition coefficient (Wildman–Crippen LogP) is 7.96. The van der Waals surface area contributed by atoms with E-state index in [2.05, 4.69) is 131 Å². The molecule has 2 nitrogen and oxygen atoms in total. The fourth-order valence-electron chi connectivity index (χ4n) is 8.86. The van der Waals surface area contributed by atoms with Gasteiger partial charge in [-0.2, -0.15) is 0 Å². The van der Waals surface area contributed by atoms with Crippen LogP contribution in [0.1, 0.15) is 82.6 Å². The zero-order valence-corrected chi connectivity index (χ0v) is 25.7. The molecule has 0 amide bonds. The standard InChI is InChI=1S/C38H41BN2/c1-24-12-10-13-27(20-24)40-31-14-11-15-32-34(31)39(29-17-16-25(2)21-33(29)40)30-23-26(36(3,4)5)22-28-35(30)41(32)38(7)19-9-8-18-37(28,38)6/h10-17,20-23H,8-9,18-19H2,1-7H3. The fraction of sp³-hybridized carbons (Fsp3) is 0.368. The van der Waals surface area contributed by atoms with Crippen LogP contribution in [0.5, 0.6) is 0 Å². The van der Waals surface area contributed by atoms with E-state index in [-0.39, 0.29) is 23.1 Å². The highest BCUT2D eigenvalue weighted by atomic mass is 15.3. The monoisotopic (exact) mass is 536 g/mol. The fourth-order valence-corrected chi connectivity index (χ4v) is 8.86. The van der Waals surface area contributed by atoms with Gasteiger partial charge in [0.1, 0.15) is 0 Å². The Bertz CT molecular complexity index is 1760. The maximum Gasteiger partial charge on any atom is 0.252 e. The van der Waals surface area contributed by atoms with E-state index in [1.54, 1.807) is 5.56 Å². The first-order chi connectivity index (χ1) is 19.5. The Labute approximate surface area is 246 Å². The summed E-state index contributed by atoms with van der Waals surface area (Å²) in [5.41, 5.74) is 17.2. The number of aryl methyl sites for hydroxylation is 2. The Balaban J connectivity index is 1.51. The van der Waals surface area contributed by atoms with Crippen LogP contribution in [0.3, 0.4) is 0 Å². The Morgan fingerprint density at radius 2 is 1.46 bits per heavy atom. The Morgan fingerprint density at radius 3 is 2.24 bits per heavy atom. The van der Waals surface area contributed by atoms with Crippen molar-refractivity contribution in [2.24, 2.45) is 0 Å². The van der Waals surface area contributed by atoms with E-state index < -0.39 is 0 Å². The summed E-state index contributed by atoms with van der Waals surface area (Å²) in [4.78, 5) is 5.37. The average molecular weight is 537 g/mol. The first-order valence-electron chi connectivity index (χ1n) is 15.6. The largest absolute Gasteiger partial charge is 0.335 e. The van der Waals surface area contributed by atoms with E-state index >= 15 is 0 Å². The molecule has 4 aromatic rings. The quantitative estimate of drug-likeness (QED) is 0.201. The number of fused-ring (bicyclic) bond motifs is 7. The number of rotatable bonds is 1. The van der Waals surface area contributed by atoms with Crippen molar-refractivity contribution in [1.29, 1.82) is 0 Å². The van der Waals surface area contributed by atoms with E-state index in [0.29, 0.717) is 0 Å². The second-order valence-corrected chi connectivity index (χ2v) is 14.7. The third-order valence-corrected chi connectivity index (χ3v) is 11.2. The molecule has 0 radical (unpaired) electrons. The molecule has 0 N–H and O–H groups in total. The maximum atomic E-state index is 2.83. The van der Waals surface area contributed by atoms with Crippen molar-refractivity contribution in [3.8, 4) is 0 Å². The van der Waals surface area contributed by atoms with Crippen LogP contribution < -0.4 is 26.2 Å². The molecule has 1 aliphatic carbocycles. The second kappa shape index (κ2) is 8.09. The zero-order valence-electron chi connectivity index (χ0n) is 25.7. The summed E-state index contributed by atoms with van der Waals surface area (Å²) in [7, 11) is 0. The summed E-state index contributed by atoms with van der Waals surface area (Å²) in [5, 5.41) is 0. The van der Waals surface area contributed by atoms with Gasteiger partial charge in [0, 0.05) is 33.9 Å². The van der Waals surface area contributed by atoms with Crippen LogP contribution in [0.15, 0.2) is 72.8 Å². The van der Waals surface area contributed by atoms with Crippen molar-refractivity contribution in [3.05, 3.63) is 95.1 Å². The van der Waals surface area contributed by atoms with Gasteiger partial charge in [0.2, 0.25) is 0 Å². The molecule has 4 aromatic carbocycles. The average Bonchev–Trinajstić information content (AvgIpc) is 3.14. The number of hydrogen-bond donors (Lipinski definition) is 0. The molecule has 0 saturated heterocycles. The summed E-state index contributed by atoms with van der Waals surface area (Å²) in [6.45, 7) is 17.0. The molecule has 41 heavy (non-hydrogen) atoms. The van der Waals surface area contributed by atoms with E-state index in [1.165, 1.54) is 87.2 Å². The molecule has 3 heterocycles. The van der Waals surface area contributed by atoms with Gasteiger partial charge in [-0.05, 0) is 108 Å². The van der Waals surface area contributed by atoms with Gasteiger partial charge >= 0.3 is 0 Å². The molecule has 3 aliphatic heterocycles. The van der Waals surface area contributed by atoms with E-state index in [0.717, 1.165) is 0 Å². The van der Waals surface area contributed by atoms with Gasteiger partial charge in [0.25, 0.3) is 6.71 Å². The summed E-state index contributed by atoms with van der Waals surface area (Å²) < 4.78 is 0. The maximum absolute atomic E-state index is 2.83. The van der Waals surface area contributed by atoms with Gasteiger partial charge in [-0.1, -0.05) is 83.0 Å². The number of anilines is 5. The van der Waals surface area contributed by atoms with Crippen LogP contribution in [0.25, 0.3) is 0 Å². The van der Waals surface area contributed by atoms with Crippen molar-refractivity contribution in [2.45, 2.75) is 90.5 Å². The third-order valence-electron chi connectivity index (χ3n) is 11.2. The molecule has 1 saturated carbocycles. The second-order valence-electron chi connectivity index (χ2n) is 14.7. The van der Waals surface area contributed by atoms with Gasteiger partial charge in [0.15, 0.2) is 0 Å². The third kappa shape index (κ3) is 3.16. The van der Waals surface area contributed by atoms with Gasteiger partial charge < -0.3 is 9.80 Å². The van der Waals surface area contributed by atoms with Crippen LogP contribution in [0.4, 0.5) is 28.4 Å². The molecule has 0 bridgehead atoms. The van der Waals surface area contributed by atoms with Crippen LogP contribution in [0, 0.1) is 13.8 Å². The lowest BCUT2D eigenvalue weighted by atomic mass is 9.33. The number of hydrogen-bond acceptors (Lipinski definition) is 2. The van der Waals surface area contributed by atoms with Crippen molar-refractivity contribution < 1.29 is 0 Å². The summed E-state index contributed by atoms with van der Waals surface area (Å²) in [6, 6.07) is 28.5. The molecule has 2 atom stereocenters. The topological polar surface area (TPSA) is 6.48 Å². The van der Waals surface area contributed by atoms with Crippen molar-refractivity contribution in [1.82, 2.24) is 0 Å². The predicted molar refractivity (Wildman–Crippen MR) is 177 cm³/mol.